The first kappa shape index (κ1) is 19.1. The molecule has 2 unspecified atom stereocenters. The average molecular weight is 371 g/mol. The third-order valence-corrected chi connectivity index (χ3v) is 6.40. The topological polar surface area (TPSA) is 99.1 Å². The van der Waals surface area contributed by atoms with Gasteiger partial charge in [-0.05, 0) is 30.4 Å². The van der Waals surface area contributed by atoms with Gasteiger partial charge in [0.25, 0.3) is 0 Å². The zero-order chi connectivity index (χ0) is 19.8. The Hall–Kier alpha value is -2.70. The van der Waals surface area contributed by atoms with E-state index in [1.54, 1.807) is 18.2 Å². The average Bonchev–Trinajstić information content (AvgIpc) is 2.80. The van der Waals surface area contributed by atoms with Gasteiger partial charge in [0, 0.05) is 24.4 Å². The van der Waals surface area contributed by atoms with Crippen molar-refractivity contribution < 1.29 is 19.5 Å². The molecule has 1 saturated carbocycles. The van der Waals surface area contributed by atoms with Gasteiger partial charge in [0.2, 0.25) is 17.7 Å². The molecule has 2 aliphatic rings. The molecule has 7 nitrogen and oxygen atoms in total. The summed E-state index contributed by atoms with van der Waals surface area (Å²) in [4.78, 5) is 38.9. The van der Waals surface area contributed by atoms with Crippen LogP contribution >= 0.6 is 0 Å². The van der Waals surface area contributed by atoms with Gasteiger partial charge in [-0.1, -0.05) is 32.9 Å². The van der Waals surface area contributed by atoms with Crippen LogP contribution in [-0.4, -0.2) is 40.5 Å². The highest BCUT2D eigenvalue weighted by Gasteiger charge is 2.64. The summed E-state index contributed by atoms with van der Waals surface area (Å²) in [6, 6.07) is 6.61. The maximum absolute atomic E-state index is 12.9. The summed E-state index contributed by atoms with van der Waals surface area (Å²) in [6.07, 6.45) is 2.73. The Morgan fingerprint density at radius 3 is 2.74 bits per heavy atom. The largest absolute Gasteiger partial charge is 0.507 e. The summed E-state index contributed by atoms with van der Waals surface area (Å²) in [5.74, 6) is -0.875. The number of fused-ring (bicyclic) bond motifs is 2. The lowest BCUT2D eigenvalue weighted by molar-refractivity contribution is -0.167. The smallest absolute Gasteiger partial charge is 0.241 e. The van der Waals surface area contributed by atoms with Crippen molar-refractivity contribution >= 4 is 23.9 Å². The number of phenolic OH excluding ortho intramolecular Hbond substituents is 1. The number of aromatic hydroxyl groups is 1. The fraction of sp³-hybridized carbons (Fsp3) is 0.500. The Bertz CT molecular complexity index is 817. The molecule has 2 N–H and O–H groups in total. The van der Waals surface area contributed by atoms with Crippen molar-refractivity contribution in [2.45, 2.75) is 40.0 Å². The van der Waals surface area contributed by atoms with Gasteiger partial charge in [0.05, 0.1) is 11.6 Å². The van der Waals surface area contributed by atoms with Crippen molar-refractivity contribution in [2.24, 2.45) is 21.8 Å². The molecular weight excluding hydrogens is 346 g/mol. The molecule has 3 amide bonds. The number of benzene rings is 1. The van der Waals surface area contributed by atoms with Crippen molar-refractivity contribution in [3.05, 3.63) is 29.8 Å². The number of likely N-dealkylation sites (tertiary alicyclic amines) is 1. The van der Waals surface area contributed by atoms with E-state index in [4.69, 9.17) is 0 Å². The minimum atomic E-state index is -0.564. The van der Waals surface area contributed by atoms with Crippen molar-refractivity contribution in [3.8, 4) is 5.75 Å². The number of piperidine rings is 1. The second-order valence-electron chi connectivity index (χ2n) is 8.04. The molecule has 2 bridgehead atoms. The summed E-state index contributed by atoms with van der Waals surface area (Å²) >= 11 is 0. The second kappa shape index (κ2) is 6.79. The highest BCUT2D eigenvalue weighted by atomic mass is 16.3. The molecule has 144 valence electrons. The number of nitrogens with zero attached hydrogens (tertiary/aromatic N) is 2. The van der Waals surface area contributed by atoms with E-state index >= 15 is 0 Å². The summed E-state index contributed by atoms with van der Waals surface area (Å²) in [7, 11) is 0. The number of hydrogen-bond acceptors (Lipinski definition) is 5. The molecule has 1 aromatic rings. The summed E-state index contributed by atoms with van der Waals surface area (Å²) in [5.41, 5.74) is 1.92. The highest BCUT2D eigenvalue weighted by Crippen LogP contribution is 2.59. The van der Waals surface area contributed by atoms with Crippen molar-refractivity contribution in [2.75, 3.05) is 6.54 Å². The number of carbonyl (C=O) groups is 3. The van der Waals surface area contributed by atoms with E-state index < -0.39 is 11.3 Å². The minimum Gasteiger partial charge on any atom is -0.507 e. The third kappa shape index (κ3) is 3.11. The molecule has 1 heterocycles. The van der Waals surface area contributed by atoms with Crippen LogP contribution in [0.1, 0.15) is 45.6 Å². The number of imide groups is 1. The number of hydrogen-bond donors (Lipinski definition) is 2. The van der Waals surface area contributed by atoms with Crippen LogP contribution in [0.3, 0.4) is 0 Å². The molecule has 3 rings (SSSR count). The number of nitrogens with one attached hydrogen (secondary N) is 1. The zero-order valence-electron chi connectivity index (χ0n) is 15.9. The molecule has 1 aliphatic heterocycles. The zero-order valence-corrected chi connectivity index (χ0v) is 15.9. The lowest BCUT2D eigenvalue weighted by atomic mass is 9.62. The predicted octanol–water partition coefficient (Wildman–Crippen LogP) is 2.04. The van der Waals surface area contributed by atoms with Gasteiger partial charge in [-0.25, -0.2) is 5.43 Å². The fourth-order valence-electron chi connectivity index (χ4n) is 4.15. The van der Waals surface area contributed by atoms with Crippen molar-refractivity contribution in [1.82, 2.24) is 10.3 Å². The van der Waals surface area contributed by atoms with Gasteiger partial charge in [-0.3, -0.25) is 19.3 Å². The molecule has 2 fully saturated rings. The Balaban J connectivity index is 1.59. The first-order valence-electron chi connectivity index (χ1n) is 9.14. The predicted molar refractivity (Wildman–Crippen MR) is 99.8 cm³/mol. The van der Waals surface area contributed by atoms with Crippen molar-refractivity contribution in [3.63, 3.8) is 0 Å². The van der Waals surface area contributed by atoms with Crippen LogP contribution < -0.4 is 5.43 Å². The highest BCUT2D eigenvalue weighted by molar-refractivity contribution is 6.04. The van der Waals surface area contributed by atoms with Gasteiger partial charge in [-0.15, -0.1) is 0 Å². The van der Waals surface area contributed by atoms with E-state index in [1.807, 2.05) is 20.8 Å². The quantitative estimate of drug-likeness (QED) is 0.470. The standard InChI is InChI=1S/C20H25N3O4/c1-19(2)14-8-10-20(19,3)18(27)23(17(14)26)11-9-16(25)22-21-12-13-6-4-5-7-15(13)24/h4-7,12,14,24H,8-11H2,1-3H3,(H,22,25)/b21-12+. The van der Waals surface area contributed by atoms with Gasteiger partial charge >= 0.3 is 0 Å². The summed E-state index contributed by atoms with van der Waals surface area (Å²) in [6.45, 7) is 5.94. The van der Waals surface area contributed by atoms with E-state index in [9.17, 15) is 19.5 Å². The molecule has 2 atom stereocenters. The van der Waals surface area contributed by atoms with Gasteiger partial charge in [-0.2, -0.15) is 5.10 Å². The fourth-order valence-corrected chi connectivity index (χ4v) is 4.15. The maximum Gasteiger partial charge on any atom is 0.241 e. The van der Waals surface area contributed by atoms with Crippen molar-refractivity contribution in [1.29, 1.82) is 0 Å². The van der Waals surface area contributed by atoms with E-state index in [0.29, 0.717) is 18.4 Å². The van der Waals surface area contributed by atoms with Crippen LogP contribution in [0.4, 0.5) is 0 Å². The maximum atomic E-state index is 12.9. The molecule has 1 aliphatic carbocycles. The number of carbonyl (C=O) groups excluding carboxylic acids is 3. The minimum absolute atomic E-state index is 0.0151. The van der Waals surface area contributed by atoms with Crippen LogP contribution in [0, 0.1) is 16.7 Å². The number of amides is 3. The first-order chi connectivity index (χ1) is 12.7. The van der Waals surface area contributed by atoms with Crippen LogP contribution in [0.5, 0.6) is 5.75 Å². The molecule has 1 aromatic carbocycles. The van der Waals surface area contributed by atoms with Gasteiger partial charge < -0.3 is 5.11 Å². The molecule has 0 spiro atoms. The summed E-state index contributed by atoms with van der Waals surface area (Å²) in [5, 5.41) is 13.5. The lowest BCUT2D eigenvalue weighted by Gasteiger charge is -2.47. The molecular formula is C20H25N3O4. The molecule has 7 heteroatoms. The number of para-hydroxylation sites is 1. The van der Waals surface area contributed by atoms with Gasteiger partial charge in [0.15, 0.2) is 0 Å². The van der Waals surface area contributed by atoms with Crippen LogP contribution in [0.15, 0.2) is 29.4 Å². The van der Waals surface area contributed by atoms with E-state index in [1.165, 1.54) is 17.2 Å². The Kier molecular flexibility index (Phi) is 4.80. The number of rotatable bonds is 5. The SMILES string of the molecule is CC12CCC(C(=O)N(CCC(=O)N/N=C/c3ccccc3O)C1=O)C2(C)C. The molecule has 0 radical (unpaired) electrons. The number of hydrazone groups is 1. The third-order valence-electron chi connectivity index (χ3n) is 6.40. The monoisotopic (exact) mass is 371 g/mol. The van der Waals surface area contributed by atoms with Gasteiger partial charge in [0.1, 0.15) is 5.75 Å². The van der Waals surface area contributed by atoms with E-state index in [-0.39, 0.29) is 41.9 Å². The molecule has 1 saturated heterocycles. The van der Waals surface area contributed by atoms with E-state index in [0.717, 1.165) is 0 Å². The van der Waals surface area contributed by atoms with Crippen LogP contribution in [0.2, 0.25) is 0 Å². The summed E-state index contributed by atoms with van der Waals surface area (Å²) < 4.78 is 0. The van der Waals surface area contributed by atoms with E-state index in [2.05, 4.69) is 10.5 Å². The van der Waals surface area contributed by atoms with Crippen LogP contribution in [0.25, 0.3) is 0 Å². The Morgan fingerprint density at radius 2 is 2.04 bits per heavy atom. The first-order valence-corrected chi connectivity index (χ1v) is 9.14. The normalized spacial score (nSPS) is 26.6. The number of phenols is 1. The lowest BCUT2D eigenvalue weighted by Crippen LogP contribution is -2.59. The Labute approximate surface area is 158 Å². The molecule has 27 heavy (non-hydrogen) atoms. The second-order valence-corrected chi connectivity index (χ2v) is 8.04. The van der Waals surface area contributed by atoms with Crippen LogP contribution in [-0.2, 0) is 14.4 Å². The Morgan fingerprint density at radius 1 is 1.33 bits per heavy atom. The molecule has 0 aromatic heterocycles.